The summed E-state index contributed by atoms with van der Waals surface area (Å²) in [6.45, 7) is 7.62. The van der Waals surface area contributed by atoms with Gasteiger partial charge in [-0.15, -0.1) is 0 Å². The van der Waals surface area contributed by atoms with Gasteiger partial charge in [-0.25, -0.2) is 0 Å². The molecule has 1 rings (SSSR count). The molecule has 0 fully saturated rings. The van der Waals surface area contributed by atoms with Crippen molar-refractivity contribution in [3.63, 3.8) is 0 Å². The monoisotopic (exact) mass is 285 g/mol. The van der Waals surface area contributed by atoms with Crippen molar-refractivity contribution in [2.45, 2.75) is 39.2 Å². The minimum absolute atomic E-state index is 0.533. The van der Waals surface area contributed by atoms with Crippen LogP contribution in [0.4, 0.5) is 0 Å². The predicted molar refractivity (Wildman–Crippen MR) is 84.9 cm³/mol. The molecule has 0 radical (unpaired) electrons. The Kier molecular flexibility index (Phi) is 7.80. The zero-order valence-corrected chi connectivity index (χ0v) is 13.2. The standard InChI is InChI=1S/C15H24ClNS/c1-4-18-9-8-14(11-17-12(2)3)13-6-5-7-15(16)10-13/h5-7,10,12,14,17H,4,8-9,11H2,1-3H3. The zero-order chi connectivity index (χ0) is 13.4. The molecule has 3 heteroatoms. The first-order chi connectivity index (χ1) is 8.63. The van der Waals surface area contributed by atoms with Crippen LogP contribution in [0, 0.1) is 0 Å². The van der Waals surface area contributed by atoms with Gasteiger partial charge in [-0.05, 0) is 41.5 Å². The van der Waals surface area contributed by atoms with E-state index in [1.54, 1.807) is 0 Å². The summed E-state index contributed by atoms with van der Waals surface area (Å²) in [5, 5.41) is 4.38. The number of benzene rings is 1. The van der Waals surface area contributed by atoms with Crippen LogP contribution in [0.25, 0.3) is 0 Å². The Balaban J connectivity index is 2.63. The summed E-state index contributed by atoms with van der Waals surface area (Å²) >= 11 is 8.10. The van der Waals surface area contributed by atoms with E-state index in [4.69, 9.17) is 11.6 Å². The lowest BCUT2D eigenvalue weighted by Gasteiger charge is -2.20. The molecule has 1 aromatic rings. The number of halogens is 1. The maximum absolute atomic E-state index is 6.09. The van der Waals surface area contributed by atoms with Crippen molar-refractivity contribution >= 4 is 23.4 Å². The van der Waals surface area contributed by atoms with Crippen molar-refractivity contribution in [1.82, 2.24) is 5.32 Å². The van der Waals surface area contributed by atoms with Crippen LogP contribution < -0.4 is 5.32 Å². The van der Waals surface area contributed by atoms with E-state index in [1.807, 2.05) is 23.9 Å². The molecule has 0 aromatic heterocycles. The molecule has 1 nitrogen and oxygen atoms in total. The Morgan fingerprint density at radius 2 is 2.11 bits per heavy atom. The van der Waals surface area contributed by atoms with Crippen LogP contribution in [-0.4, -0.2) is 24.1 Å². The van der Waals surface area contributed by atoms with Crippen molar-refractivity contribution in [2.24, 2.45) is 0 Å². The first-order valence-corrected chi connectivity index (χ1v) is 8.23. The van der Waals surface area contributed by atoms with Crippen LogP contribution in [-0.2, 0) is 0 Å². The van der Waals surface area contributed by atoms with E-state index in [1.165, 1.54) is 23.5 Å². The van der Waals surface area contributed by atoms with Gasteiger partial charge in [0, 0.05) is 17.6 Å². The van der Waals surface area contributed by atoms with E-state index in [0.717, 1.165) is 11.6 Å². The first-order valence-electron chi connectivity index (χ1n) is 6.70. The summed E-state index contributed by atoms with van der Waals surface area (Å²) in [5.41, 5.74) is 1.35. The van der Waals surface area contributed by atoms with Crippen molar-refractivity contribution in [3.05, 3.63) is 34.9 Å². The van der Waals surface area contributed by atoms with Crippen molar-refractivity contribution < 1.29 is 0 Å². The van der Waals surface area contributed by atoms with Crippen LogP contribution in [0.5, 0.6) is 0 Å². The fourth-order valence-electron chi connectivity index (χ4n) is 1.89. The summed E-state index contributed by atoms with van der Waals surface area (Å²) in [6, 6.07) is 8.82. The molecular weight excluding hydrogens is 262 g/mol. The third-order valence-corrected chi connectivity index (χ3v) is 4.08. The van der Waals surface area contributed by atoms with Gasteiger partial charge in [-0.1, -0.05) is 44.5 Å². The van der Waals surface area contributed by atoms with Gasteiger partial charge >= 0.3 is 0 Å². The highest BCUT2D eigenvalue weighted by molar-refractivity contribution is 7.99. The van der Waals surface area contributed by atoms with Crippen LogP contribution in [0.15, 0.2) is 24.3 Å². The summed E-state index contributed by atoms with van der Waals surface area (Å²) in [5.74, 6) is 2.97. The number of hydrogen-bond acceptors (Lipinski definition) is 2. The van der Waals surface area contributed by atoms with Gasteiger partial charge in [0.2, 0.25) is 0 Å². The molecule has 0 spiro atoms. The Labute approximate surface area is 121 Å². The quantitative estimate of drug-likeness (QED) is 0.703. The van der Waals surface area contributed by atoms with E-state index < -0.39 is 0 Å². The SMILES string of the molecule is CCSCCC(CNC(C)C)c1cccc(Cl)c1. The largest absolute Gasteiger partial charge is 0.314 e. The smallest absolute Gasteiger partial charge is 0.0408 e. The Bertz CT molecular complexity index is 341. The molecule has 1 N–H and O–H groups in total. The van der Waals surface area contributed by atoms with Crippen LogP contribution in [0.2, 0.25) is 5.02 Å². The second-order valence-corrected chi connectivity index (χ2v) is 6.63. The van der Waals surface area contributed by atoms with Gasteiger partial charge in [0.1, 0.15) is 0 Å². The molecule has 0 saturated heterocycles. The van der Waals surface area contributed by atoms with Crippen molar-refractivity contribution in [2.75, 3.05) is 18.1 Å². The minimum atomic E-state index is 0.533. The van der Waals surface area contributed by atoms with Gasteiger partial charge in [-0.3, -0.25) is 0 Å². The average molecular weight is 286 g/mol. The maximum Gasteiger partial charge on any atom is 0.0408 e. The first kappa shape index (κ1) is 15.9. The average Bonchev–Trinajstić information content (AvgIpc) is 2.33. The molecule has 0 aliphatic carbocycles. The molecule has 0 saturated carbocycles. The lowest BCUT2D eigenvalue weighted by molar-refractivity contribution is 0.522. The van der Waals surface area contributed by atoms with Crippen LogP contribution in [0.1, 0.15) is 38.7 Å². The van der Waals surface area contributed by atoms with E-state index >= 15 is 0 Å². The normalized spacial score (nSPS) is 12.9. The fourth-order valence-corrected chi connectivity index (χ4v) is 2.83. The Hall–Kier alpha value is -0.180. The molecule has 0 aliphatic heterocycles. The van der Waals surface area contributed by atoms with Gasteiger partial charge in [0.15, 0.2) is 0 Å². The number of nitrogens with one attached hydrogen (secondary N) is 1. The third-order valence-electron chi connectivity index (χ3n) is 2.91. The number of thioether (sulfide) groups is 1. The predicted octanol–water partition coefficient (Wildman–Crippen LogP) is 4.56. The van der Waals surface area contributed by atoms with Crippen molar-refractivity contribution in [1.29, 1.82) is 0 Å². The van der Waals surface area contributed by atoms with Crippen LogP contribution in [0.3, 0.4) is 0 Å². The van der Waals surface area contributed by atoms with E-state index in [-0.39, 0.29) is 0 Å². The van der Waals surface area contributed by atoms with E-state index in [0.29, 0.717) is 12.0 Å². The van der Waals surface area contributed by atoms with E-state index in [2.05, 4.69) is 38.2 Å². The molecule has 0 bridgehead atoms. The zero-order valence-electron chi connectivity index (χ0n) is 11.6. The Morgan fingerprint density at radius 1 is 1.33 bits per heavy atom. The third kappa shape index (κ3) is 6.12. The highest BCUT2D eigenvalue weighted by atomic mass is 35.5. The number of hydrogen-bond donors (Lipinski definition) is 1. The molecule has 1 unspecified atom stereocenters. The molecule has 102 valence electrons. The highest BCUT2D eigenvalue weighted by Gasteiger charge is 2.12. The fraction of sp³-hybridized carbons (Fsp3) is 0.600. The topological polar surface area (TPSA) is 12.0 Å². The number of rotatable bonds is 8. The second-order valence-electron chi connectivity index (χ2n) is 4.80. The minimum Gasteiger partial charge on any atom is -0.314 e. The molecule has 0 aliphatic rings. The van der Waals surface area contributed by atoms with Gasteiger partial charge in [0.05, 0.1) is 0 Å². The summed E-state index contributed by atoms with van der Waals surface area (Å²) in [4.78, 5) is 0. The summed E-state index contributed by atoms with van der Waals surface area (Å²) < 4.78 is 0. The van der Waals surface area contributed by atoms with Crippen molar-refractivity contribution in [3.8, 4) is 0 Å². The van der Waals surface area contributed by atoms with Gasteiger partial charge in [0.25, 0.3) is 0 Å². The van der Waals surface area contributed by atoms with Crippen LogP contribution >= 0.6 is 23.4 Å². The van der Waals surface area contributed by atoms with Gasteiger partial charge < -0.3 is 5.32 Å². The summed E-state index contributed by atoms with van der Waals surface area (Å²) in [7, 11) is 0. The second kappa shape index (κ2) is 8.84. The molecule has 0 amide bonds. The lowest BCUT2D eigenvalue weighted by Crippen LogP contribution is -2.28. The maximum atomic E-state index is 6.09. The molecule has 0 heterocycles. The molecule has 1 aromatic carbocycles. The lowest BCUT2D eigenvalue weighted by atomic mass is 9.96. The summed E-state index contributed by atoms with van der Waals surface area (Å²) in [6.07, 6.45) is 1.21. The molecule has 1 atom stereocenters. The molecular formula is C15H24ClNS. The molecule has 18 heavy (non-hydrogen) atoms. The van der Waals surface area contributed by atoms with E-state index in [9.17, 15) is 0 Å². The highest BCUT2D eigenvalue weighted by Crippen LogP contribution is 2.24. The van der Waals surface area contributed by atoms with Gasteiger partial charge in [-0.2, -0.15) is 11.8 Å². The Morgan fingerprint density at radius 3 is 2.72 bits per heavy atom.